The third-order valence-electron chi connectivity index (χ3n) is 8.69. The van der Waals surface area contributed by atoms with Crippen LogP contribution in [0, 0.1) is 0 Å². The zero-order valence-electron chi connectivity index (χ0n) is 32.0. The summed E-state index contributed by atoms with van der Waals surface area (Å²) in [5.74, 6) is -2.41. The van der Waals surface area contributed by atoms with Gasteiger partial charge in [-0.1, -0.05) is 124 Å². The Morgan fingerprint density at radius 3 is 1.75 bits per heavy atom. The molecule has 56 heavy (non-hydrogen) atoms. The number of carbonyl (C=O) groups is 4. The Morgan fingerprint density at radius 1 is 0.661 bits per heavy atom. The predicted molar refractivity (Wildman–Crippen MR) is 216 cm³/mol. The van der Waals surface area contributed by atoms with Gasteiger partial charge in [0.25, 0.3) is 0 Å². The molecule has 2 aromatic carbocycles. The number of hydrogen-bond acceptors (Lipinski definition) is 10. The summed E-state index contributed by atoms with van der Waals surface area (Å²) < 4.78 is 30.1. The van der Waals surface area contributed by atoms with E-state index in [4.69, 9.17) is 70.1 Å². The molecule has 0 radical (unpaired) electrons. The largest absolute Gasteiger partial charge is 0.462 e. The number of halogens is 4. The smallest absolute Gasteiger partial charge is 0.308 e. The van der Waals surface area contributed by atoms with Crippen molar-refractivity contribution >= 4 is 70.3 Å². The van der Waals surface area contributed by atoms with E-state index in [9.17, 15) is 19.2 Å². The minimum atomic E-state index is -1.14. The summed E-state index contributed by atoms with van der Waals surface area (Å²) in [6.45, 7) is 3.62. The molecule has 0 saturated heterocycles. The molecule has 0 aliphatic heterocycles. The highest BCUT2D eigenvalue weighted by molar-refractivity contribution is 6.35. The Morgan fingerprint density at radius 2 is 1.21 bits per heavy atom. The van der Waals surface area contributed by atoms with Gasteiger partial charge in [-0.3, -0.25) is 23.7 Å². The number of imidazole rings is 1. The van der Waals surface area contributed by atoms with Gasteiger partial charge in [-0.15, -0.1) is 0 Å². The van der Waals surface area contributed by atoms with Crippen molar-refractivity contribution in [1.82, 2.24) is 9.55 Å². The van der Waals surface area contributed by atoms with Crippen LogP contribution in [0.1, 0.15) is 127 Å². The molecule has 0 spiro atoms. The first-order valence-electron chi connectivity index (χ1n) is 19.2. The van der Waals surface area contributed by atoms with Gasteiger partial charge in [-0.25, -0.2) is 4.98 Å². The van der Waals surface area contributed by atoms with Crippen molar-refractivity contribution in [2.45, 2.75) is 129 Å². The monoisotopic (exact) mass is 856 g/mol. The summed E-state index contributed by atoms with van der Waals surface area (Å²) >= 11 is 25.3. The Labute approximate surface area is 349 Å². The predicted octanol–water partition coefficient (Wildman–Crippen LogP) is 11.0. The second-order valence-corrected chi connectivity index (χ2v) is 15.0. The van der Waals surface area contributed by atoms with Crippen LogP contribution >= 0.6 is 46.4 Å². The lowest BCUT2D eigenvalue weighted by Gasteiger charge is -2.29. The summed E-state index contributed by atoms with van der Waals surface area (Å²) in [5.41, 5.74) is 1.08. The molecule has 0 bridgehead atoms. The lowest BCUT2D eigenvalue weighted by molar-refractivity contribution is -0.173. The van der Waals surface area contributed by atoms with Gasteiger partial charge < -0.3 is 23.7 Å². The zero-order chi connectivity index (χ0) is 40.7. The highest BCUT2D eigenvalue weighted by atomic mass is 35.5. The molecule has 308 valence electrons. The third-order valence-corrected chi connectivity index (χ3v) is 9.84. The molecular formula is C41H52Cl4N2O9. The number of ether oxygens (including phenoxy) is 5. The average Bonchev–Trinajstić information content (AvgIpc) is 3.71. The highest BCUT2D eigenvalue weighted by Gasteiger charge is 2.32. The van der Waals surface area contributed by atoms with Crippen LogP contribution in [-0.2, 0) is 49.5 Å². The van der Waals surface area contributed by atoms with Crippen LogP contribution in [0.15, 0.2) is 55.1 Å². The minimum absolute atomic E-state index is 0.0110. The zero-order valence-corrected chi connectivity index (χ0v) is 35.1. The van der Waals surface area contributed by atoms with E-state index in [1.807, 2.05) is 0 Å². The molecule has 1 heterocycles. The van der Waals surface area contributed by atoms with E-state index >= 15 is 0 Å². The van der Waals surface area contributed by atoms with Crippen LogP contribution in [0.25, 0.3) is 0 Å². The van der Waals surface area contributed by atoms with Gasteiger partial charge in [0, 0.05) is 50.9 Å². The van der Waals surface area contributed by atoms with Crippen LogP contribution in [0.3, 0.4) is 0 Å². The van der Waals surface area contributed by atoms with Gasteiger partial charge in [0.15, 0.2) is 6.10 Å². The van der Waals surface area contributed by atoms with Crippen molar-refractivity contribution in [3.8, 4) is 0 Å². The molecule has 15 heteroatoms. The second-order valence-electron chi connectivity index (χ2n) is 13.3. The molecule has 3 rings (SSSR count). The molecular weight excluding hydrogens is 806 g/mol. The molecule has 0 amide bonds. The van der Waals surface area contributed by atoms with E-state index < -0.39 is 42.3 Å². The molecule has 0 aliphatic rings. The van der Waals surface area contributed by atoms with Crippen molar-refractivity contribution in [1.29, 1.82) is 0 Å². The van der Waals surface area contributed by atoms with Gasteiger partial charge in [0.2, 0.25) is 6.23 Å². The van der Waals surface area contributed by atoms with Gasteiger partial charge >= 0.3 is 23.9 Å². The SMILES string of the molecule is CCCCCCCC(=O)OCC(COC(=O)CCCCCCC)OC(=O)CCC(=O)OC(C(OCc1ccc(Cl)cc1Cl)c1ccc(Cl)cc1Cl)n1ccnc1. The van der Waals surface area contributed by atoms with E-state index in [-0.39, 0.29) is 50.5 Å². The number of esters is 4. The number of hydrogen-bond donors (Lipinski definition) is 0. The molecule has 0 saturated carbocycles. The van der Waals surface area contributed by atoms with Gasteiger partial charge in [0.1, 0.15) is 19.3 Å². The third kappa shape index (κ3) is 17.8. The number of aromatic nitrogens is 2. The lowest BCUT2D eigenvalue weighted by Crippen LogP contribution is -2.31. The summed E-state index contributed by atoms with van der Waals surface area (Å²) in [4.78, 5) is 55.4. The van der Waals surface area contributed by atoms with E-state index in [2.05, 4.69) is 18.8 Å². The highest BCUT2D eigenvalue weighted by Crippen LogP contribution is 2.38. The summed E-state index contributed by atoms with van der Waals surface area (Å²) in [5, 5.41) is 1.48. The fraction of sp³-hybridized carbons (Fsp3) is 0.537. The van der Waals surface area contributed by atoms with Crippen LogP contribution in [0.2, 0.25) is 20.1 Å². The Bertz CT molecular complexity index is 1630. The van der Waals surface area contributed by atoms with E-state index in [1.165, 1.54) is 17.1 Å². The normalized spacial score (nSPS) is 12.3. The summed E-state index contributed by atoms with van der Waals surface area (Å²) in [7, 11) is 0. The molecule has 0 fully saturated rings. The van der Waals surface area contributed by atoms with E-state index in [0.717, 1.165) is 51.4 Å². The van der Waals surface area contributed by atoms with Crippen molar-refractivity contribution in [3.63, 3.8) is 0 Å². The van der Waals surface area contributed by atoms with Crippen molar-refractivity contribution in [2.75, 3.05) is 13.2 Å². The fourth-order valence-corrected chi connectivity index (χ4v) is 6.57. The van der Waals surface area contributed by atoms with Gasteiger partial charge in [-0.05, 0) is 42.7 Å². The average molecular weight is 859 g/mol. The standard InChI is InChI=1S/C41H52Cl4N2O9/c1-3-5-7-9-11-13-36(48)52-26-32(27-53-37(49)14-12-10-8-6-4-2)55-38(50)19-20-39(51)56-41(47-22-21-46-28-47)40(33-18-17-31(43)24-35(33)45)54-25-29-15-16-30(42)23-34(29)44/h15-18,21-24,28,32,40-41H,3-14,19-20,25-27H2,1-2H3. The van der Waals surface area contributed by atoms with Gasteiger partial charge in [-0.2, -0.15) is 0 Å². The number of nitrogens with zero attached hydrogens (tertiary/aromatic N) is 2. The van der Waals surface area contributed by atoms with Crippen molar-refractivity contribution < 1.29 is 42.9 Å². The number of benzene rings is 2. The van der Waals surface area contributed by atoms with Crippen molar-refractivity contribution in [3.05, 3.63) is 86.3 Å². The molecule has 0 N–H and O–H groups in total. The lowest BCUT2D eigenvalue weighted by atomic mass is 10.1. The van der Waals surface area contributed by atoms with E-state index in [0.29, 0.717) is 39.0 Å². The number of carbonyl (C=O) groups excluding carboxylic acids is 4. The molecule has 0 aliphatic carbocycles. The van der Waals surface area contributed by atoms with Crippen LogP contribution in [-0.4, -0.2) is 52.7 Å². The number of unbranched alkanes of at least 4 members (excludes halogenated alkanes) is 8. The molecule has 2 unspecified atom stereocenters. The Kier molecular flexibility index (Phi) is 22.3. The first-order valence-corrected chi connectivity index (χ1v) is 20.7. The van der Waals surface area contributed by atoms with Crippen molar-refractivity contribution in [2.24, 2.45) is 0 Å². The summed E-state index contributed by atoms with van der Waals surface area (Å²) in [6.07, 6.45) is 10.7. The van der Waals surface area contributed by atoms with Crippen LogP contribution in [0.4, 0.5) is 0 Å². The Hall–Kier alpha value is -3.35. The van der Waals surface area contributed by atoms with Gasteiger partial charge in [0.05, 0.1) is 25.8 Å². The first-order chi connectivity index (χ1) is 27.0. The topological polar surface area (TPSA) is 132 Å². The Balaban J connectivity index is 1.67. The minimum Gasteiger partial charge on any atom is -0.462 e. The maximum atomic E-state index is 13.4. The second kappa shape index (κ2) is 26.5. The van der Waals surface area contributed by atoms with Crippen LogP contribution in [0.5, 0.6) is 0 Å². The molecule has 3 aromatic rings. The summed E-state index contributed by atoms with van der Waals surface area (Å²) in [6, 6.07) is 9.80. The van der Waals surface area contributed by atoms with Crippen LogP contribution < -0.4 is 0 Å². The molecule has 1 aromatic heterocycles. The number of rotatable bonds is 27. The quantitative estimate of drug-likeness (QED) is 0.0414. The maximum Gasteiger partial charge on any atom is 0.308 e. The van der Waals surface area contributed by atoms with E-state index in [1.54, 1.807) is 42.6 Å². The maximum absolute atomic E-state index is 13.4. The fourth-order valence-electron chi connectivity index (χ4n) is 5.60. The first kappa shape index (κ1) is 47.0. The molecule has 11 nitrogen and oxygen atoms in total. The molecule has 2 atom stereocenters.